The Labute approximate surface area is 202 Å². The van der Waals surface area contributed by atoms with Gasteiger partial charge in [-0.05, 0) is 61.0 Å². The van der Waals surface area contributed by atoms with E-state index in [9.17, 15) is 4.79 Å². The molecule has 0 aliphatic heterocycles. The second kappa shape index (κ2) is 10.4. The molecule has 0 unspecified atom stereocenters. The van der Waals surface area contributed by atoms with Crippen molar-refractivity contribution in [1.29, 1.82) is 0 Å². The number of aromatic nitrogens is 1. The van der Waals surface area contributed by atoms with Gasteiger partial charge in [0.1, 0.15) is 5.75 Å². The Bertz CT molecular complexity index is 1230. The van der Waals surface area contributed by atoms with Crippen molar-refractivity contribution in [3.05, 3.63) is 66.2 Å². The number of hydrogen-bond donors (Lipinski definition) is 0. The summed E-state index contributed by atoms with van der Waals surface area (Å²) in [5.74, 6) is 2.08. The Morgan fingerprint density at radius 1 is 0.941 bits per heavy atom. The minimum absolute atomic E-state index is 0.111. The third-order valence-electron chi connectivity index (χ3n) is 5.21. The van der Waals surface area contributed by atoms with Crippen molar-refractivity contribution < 1.29 is 23.7 Å². The molecule has 176 valence electrons. The van der Waals surface area contributed by atoms with Gasteiger partial charge in [-0.15, -0.1) is 0 Å². The van der Waals surface area contributed by atoms with Crippen molar-refractivity contribution in [2.45, 2.75) is 13.3 Å². The van der Waals surface area contributed by atoms with Gasteiger partial charge in [-0.25, -0.2) is 4.98 Å². The van der Waals surface area contributed by atoms with E-state index < -0.39 is 0 Å². The summed E-state index contributed by atoms with van der Waals surface area (Å²) in [5.41, 5.74) is 2.29. The molecule has 0 radical (unpaired) electrons. The summed E-state index contributed by atoms with van der Waals surface area (Å²) in [5, 5.41) is 0.600. The summed E-state index contributed by atoms with van der Waals surface area (Å²) >= 11 is 1.47. The van der Waals surface area contributed by atoms with Crippen LogP contribution in [0.1, 0.15) is 12.5 Å². The van der Waals surface area contributed by atoms with Gasteiger partial charge in [0.05, 0.1) is 50.3 Å². The van der Waals surface area contributed by atoms with Gasteiger partial charge >= 0.3 is 0 Å². The number of carbonyl (C=O) groups is 1. The molecule has 0 N–H and O–H groups in total. The maximum atomic E-state index is 13.7. The highest BCUT2D eigenvalue weighted by Crippen LogP contribution is 2.39. The van der Waals surface area contributed by atoms with Gasteiger partial charge in [-0.3, -0.25) is 9.69 Å². The van der Waals surface area contributed by atoms with Crippen LogP contribution in [-0.2, 0) is 11.2 Å². The second-order valence-corrected chi connectivity index (χ2v) is 8.34. The van der Waals surface area contributed by atoms with Crippen LogP contribution in [0.4, 0.5) is 10.8 Å². The molecule has 0 atom stereocenters. The molecule has 0 aliphatic carbocycles. The lowest BCUT2D eigenvalue weighted by molar-refractivity contribution is -0.117. The van der Waals surface area contributed by atoms with E-state index in [1.54, 1.807) is 38.4 Å². The summed E-state index contributed by atoms with van der Waals surface area (Å²) in [7, 11) is 4.65. The summed E-state index contributed by atoms with van der Waals surface area (Å²) in [6.45, 7) is 2.50. The van der Waals surface area contributed by atoms with Crippen LogP contribution in [-0.4, -0.2) is 38.8 Å². The molecule has 0 aliphatic rings. The van der Waals surface area contributed by atoms with Gasteiger partial charge in [-0.1, -0.05) is 23.5 Å². The Kier molecular flexibility index (Phi) is 7.18. The zero-order valence-corrected chi connectivity index (χ0v) is 20.3. The van der Waals surface area contributed by atoms with E-state index >= 15 is 0 Å². The smallest absolute Gasteiger partial charge is 0.237 e. The van der Waals surface area contributed by atoms with E-state index in [1.807, 2.05) is 55.5 Å². The number of benzene rings is 3. The van der Waals surface area contributed by atoms with Gasteiger partial charge in [0, 0.05) is 0 Å². The molecular weight excluding hydrogens is 452 g/mol. The largest absolute Gasteiger partial charge is 0.494 e. The molecule has 8 heteroatoms. The van der Waals surface area contributed by atoms with Crippen LogP contribution in [0, 0.1) is 0 Å². The van der Waals surface area contributed by atoms with Crippen LogP contribution in [0.25, 0.3) is 10.2 Å². The minimum Gasteiger partial charge on any atom is -0.494 e. The molecule has 34 heavy (non-hydrogen) atoms. The number of hydrogen-bond acceptors (Lipinski definition) is 7. The number of thiazole rings is 1. The zero-order valence-electron chi connectivity index (χ0n) is 19.5. The van der Waals surface area contributed by atoms with Gasteiger partial charge in [0.25, 0.3) is 0 Å². The summed E-state index contributed by atoms with van der Waals surface area (Å²) in [6, 6.07) is 18.8. The van der Waals surface area contributed by atoms with Gasteiger partial charge in [0.15, 0.2) is 16.6 Å². The number of methoxy groups -OCH3 is 3. The predicted molar refractivity (Wildman–Crippen MR) is 134 cm³/mol. The fraction of sp³-hybridized carbons (Fsp3) is 0.231. The lowest BCUT2D eigenvalue weighted by Crippen LogP contribution is -2.27. The zero-order chi connectivity index (χ0) is 24.1. The fourth-order valence-corrected chi connectivity index (χ4v) is 4.67. The van der Waals surface area contributed by atoms with Crippen molar-refractivity contribution in [3.63, 3.8) is 0 Å². The quantitative estimate of drug-likeness (QED) is 0.311. The lowest BCUT2D eigenvalue weighted by atomic mass is 10.1. The monoisotopic (exact) mass is 478 g/mol. The van der Waals surface area contributed by atoms with Crippen molar-refractivity contribution >= 4 is 38.3 Å². The summed E-state index contributed by atoms with van der Waals surface area (Å²) < 4.78 is 22.9. The first kappa shape index (κ1) is 23.4. The van der Waals surface area contributed by atoms with E-state index in [1.165, 1.54) is 11.3 Å². The van der Waals surface area contributed by atoms with Gasteiger partial charge in [-0.2, -0.15) is 0 Å². The molecule has 3 aromatic carbocycles. The average molecular weight is 479 g/mol. The second-order valence-electron chi connectivity index (χ2n) is 7.33. The van der Waals surface area contributed by atoms with E-state index in [0.29, 0.717) is 34.7 Å². The van der Waals surface area contributed by atoms with Crippen molar-refractivity contribution in [3.8, 4) is 23.0 Å². The molecule has 0 saturated carbocycles. The van der Waals surface area contributed by atoms with Crippen LogP contribution in [0.2, 0.25) is 0 Å². The molecule has 1 aromatic heterocycles. The Morgan fingerprint density at radius 3 is 2.21 bits per heavy atom. The SMILES string of the molecule is CCOc1ccc(N(C(=O)Cc2cc(OC)c(OC)c(OC)c2)c2nc3ccccc3s2)cc1. The van der Waals surface area contributed by atoms with Crippen LogP contribution in [0.5, 0.6) is 23.0 Å². The van der Waals surface area contributed by atoms with Crippen LogP contribution in [0.3, 0.4) is 0 Å². The Balaban J connectivity index is 1.73. The Morgan fingerprint density at radius 2 is 1.62 bits per heavy atom. The molecule has 4 rings (SSSR count). The molecule has 1 heterocycles. The van der Waals surface area contributed by atoms with Crippen molar-refractivity contribution in [2.24, 2.45) is 0 Å². The van der Waals surface area contributed by atoms with Crippen LogP contribution < -0.4 is 23.8 Å². The molecular formula is C26H26N2O5S. The number of carbonyl (C=O) groups excluding carboxylic acids is 1. The molecule has 0 saturated heterocycles. The lowest BCUT2D eigenvalue weighted by Gasteiger charge is -2.21. The third-order valence-corrected chi connectivity index (χ3v) is 6.23. The summed E-state index contributed by atoms with van der Waals surface area (Å²) in [4.78, 5) is 20.1. The predicted octanol–water partition coefficient (Wildman–Crippen LogP) is 5.63. The third kappa shape index (κ3) is 4.77. The topological polar surface area (TPSA) is 70.1 Å². The first-order valence-corrected chi connectivity index (χ1v) is 11.6. The molecule has 4 aromatic rings. The average Bonchev–Trinajstić information content (AvgIpc) is 3.28. The number of rotatable bonds is 9. The number of ether oxygens (including phenoxy) is 4. The highest BCUT2D eigenvalue weighted by Gasteiger charge is 2.24. The van der Waals surface area contributed by atoms with Gasteiger partial charge in [0.2, 0.25) is 11.7 Å². The molecule has 1 amide bonds. The number of nitrogens with zero attached hydrogens (tertiary/aromatic N) is 2. The summed E-state index contributed by atoms with van der Waals surface area (Å²) in [6.07, 6.45) is 0.111. The van der Waals surface area contributed by atoms with Crippen molar-refractivity contribution in [1.82, 2.24) is 4.98 Å². The van der Waals surface area contributed by atoms with E-state index in [4.69, 9.17) is 23.9 Å². The van der Waals surface area contributed by atoms with E-state index in [-0.39, 0.29) is 12.3 Å². The van der Waals surface area contributed by atoms with Crippen LogP contribution in [0.15, 0.2) is 60.7 Å². The number of anilines is 2. The Hall–Kier alpha value is -3.78. The van der Waals surface area contributed by atoms with E-state index in [0.717, 1.165) is 21.5 Å². The van der Waals surface area contributed by atoms with Gasteiger partial charge < -0.3 is 18.9 Å². The normalized spacial score (nSPS) is 10.7. The minimum atomic E-state index is -0.141. The highest BCUT2D eigenvalue weighted by atomic mass is 32.1. The number of fused-ring (bicyclic) bond motifs is 1. The highest BCUT2D eigenvalue weighted by molar-refractivity contribution is 7.22. The molecule has 7 nitrogen and oxygen atoms in total. The first-order valence-electron chi connectivity index (χ1n) is 10.8. The molecule has 0 bridgehead atoms. The molecule has 0 fully saturated rings. The standard InChI is InChI=1S/C26H26N2O5S/c1-5-33-19-12-10-18(11-13-19)28(26-27-20-8-6-7-9-23(20)34-26)24(29)16-17-14-21(30-2)25(32-4)22(15-17)31-3/h6-15H,5,16H2,1-4H3. The maximum absolute atomic E-state index is 13.7. The fourth-order valence-electron chi connectivity index (χ4n) is 3.67. The van der Waals surface area contributed by atoms with E-state index in [2.05, 4.69) is 0 Å². The number of para-hydroxylation sites is 1. The number of amides is 1. The van der Waals surface area contributed by atoms with Crippen LogP contribution >= 0.6 is 11.3 Å². The molecule has 0 spiro atoms. The maximum Gasteiger partial charge on any atom is 0.237 e. The van der Waals surface area contributed by atoms with Crippen molar-refractivity contribution in [2.75, 3.05) is 32.8 Å². The first-order chi connectivity index (χ1) is 16.6.